The van der Waals surface area contributed by atoms with Gasteiger partial charge in [0.2, 0.25) is 0 Å². The number of fused-ring (bicyclic) bond motifs is 1. The Morgan fingerprint density at radius 3 is 2.48 bits per heavy atom. The molecule has 0 saturated carbocycles. The third-order valence-corrected chi connectivity index (χ3v) is 4.50. The highest BCUT2D eigenvalue weighted by molar-refractivity contribution is 9.10. The maximum Gasteiger partial charge on any atom is 0.131 e. The zero-order valence-corrected chi connectivity index (χ0v) is 14.9. The van der Waals surface area contributed by atoms with Gasteiger partial charge in [0.1, 0.15) is 17.2 Å². The minimum absolute atomic E-state index is 0.285. The maximum absolute atomic E-state index is 10.5. The van der Waals surface area contributed by atoms with Gasteiger partial charge >= 0.3 is 0 Å². The molecule has 1 N–H and O–H groups in total. The molecule has 1 aromatic heterocycles. The van der Waals surface area contributed by atoms with Gasteiger partial charge in [-0.2, -0.15) is 0 Å². The molecule has 0 atom stereocenters. The molecule has 3 aromatic rings. The third-order valence-electron chi connectivity index (χ3n) is 3.97. The van der Waals surface area contributed by atoms with Gasteiger partial charge in [-0.3, -0.25) is 4.98 Å². The van der Waals surface area contributed by atoms with E-state index in [9.17, 15) is 5.11 Å². The van der Waals surface area contributed by atoms with E-state index in [2.05, 4.69) is 20.9 Å². The van der Waals surface area contributed by atoms with Gasteiger partial charge in [0.05, 0.1) is 5.52 Å². The van der Waals surface area contributed by atoms with Crippen LogP contribution in [0.5, 0.6) is 17.2 Å². The molecular weight excluding hydrogens is 354 g/mol. The van der Waals surface area contributed by atoms with Crippen LogP contribution in [-0.2, 0) is 6.42 Å². The van der Waals surface area contributed by atoms with Crippen molar-refractivity contribution < 1.29 is 9.84 Å². The minimum Gasteiger partial charge on any atom is -0.507 e. The molecular formula is C19H18BrNO2. The standard InChI is InChI=1S/C19H18BrNO2/c1-4-16-12(3)19(22)15-10-18(11(2)9-17(15)21-16)23-14-7-5-13(20)6-8-14/h5-10H,4H2,1-3H3,(H,21,22). The number of hydrogen-bond acceptors (Lipinski definition) is 3. The predicted molar refractivity (Wildman–Crippen MR) is 96.5 cm³/mol. The number of rotatable bonds is 3. The lowest BCUT2D eigenvalue weighted by molar-refractivity contribution is 0.471. The maximum atomic E-state index is 10.5. The number of aromatic hydroxyl groups is 1. The normalized spacial score (nSPS) is 11.0. The molecule has 0 aliphatic carbocycles. The van der Waals surface area contributed by atoms with Crippen LogP contribution in [0.3, 0.4) is 0 Å². The minimum atomic E-state index is 0.285. The van der Waals surface area contributed by atoms with Crippen LogP contribution < -0.4 is 4.74 Å². The second kappa shape index (κ2) is 6.20. The van der Waals surface area contributed by atoms with Crippen molar-refractivity contribution in [3.63, 3.8) is 0 Å². The summed E-state index contributed by atoms with van der Waals surface area (Å²) in [6, 6.07) is 11.5. The summed E-state index contributed by atoms with van der Waals surface area (Å²) in [6.45, 7) is 5.92. The molecule has 23 heavy (non-hydrogen) atoms. The lowest BCUT2D eigenvalue weighted by Crippen LogP contribution is -1.96. The summed E-state index contributed by atoms with van der Waals surface area (Å²) in [5, 5.41) is 11.2. The highest BCUT2D eigenvalue weighted by Gasteiger charge is 2.13. The van der Waals surface area contributed by atoms with Gasteiger partial charge in [0.15, 0.2) is 0 Å². The molecule has 0 unspecified atom stereocenters. The van der Waals surface area contributed by atoms with Crippen LogP contribution in [0.1, 0.15) is 23.7 Å². The van der Waals surface area contributed by atoms with Crippen molar-refractivity contribution in [1.82, 2.24) is 4.98 Å². The van der Waals surface area contributed by atoms with Gasteiger partial charge in [-0.05, 0) is 62.2 Å². The third kappa shape index (κ3) is 3.04. The highest BCUT2D eigenvalue weighted by atomic mass is 79.9. The van der Waals surface area contributed by atoms with Crippen molar-refractivity contribution in [3.8, 4) is 17.2 Å². The van der Waals surface area contributed by atoms with Crippen molar-refractivity contribution >= 4 is 26.8 Å². The number of benzene rings is 2. The molecule has 3 rings (SSSR count). The lowest BCUT2D eigenvalue weighted by Gasteiger charge is -2.13. The fraction of sp³-hybridized carbons (Fsp3) is 0.211. The molecule has 0 saturated heterocycles. The second-order valence-electron chi connectivity index (χ2n) is 5.58. The molecule has 0 spiro atoms. The van der Waals surface area contributed by atoms with Crippen LogP contribution in [0.15, 0.2) is 40.9 Å². The predicted octanol–water partition coefficient (Wildman–Crippen LogP) is 5.67. The number of ether oxygens (including phenoxy) is 1. The first-order chi connectivity index (χ1) is 11.0. The molecule has 0 fully saturated rings. The SMILES string of the molecule is CCc1nc2cc(C)c(Oc3ccc(Br)cc3)cc2c(O)c1C. The Balaban J connectivity index is 2.10. The van der Waals surface area contributed by atoms with E-state index in [4.69, 9.17) is 4.74 Å². The summed E-state index contributed by atoms with van der Waals surface area (Å²) in [6.07, 6.45) is 0.797. The molecule has 3 nitrogen and oxygen atoms in total. The second-order valence-corrected chi connectivity index (χ2v) is 6.49. The molecule has 4 heteroatoms. The molecule has 0 aliphatic heterocycles. The number of halogens is 1. The van der Waals surface area contributed by atoms with Crippen LogP contribution in [-0.4, -0.2) is 10.1 Å². The van der Waals surface area contributed by atoms with Gasteiger partial charge in [0.25, 0.3) is 0 Å². The summed E-state index contributed by atoms with van der Waals surface area (Å²) in [4.78, 5) is 4.65. The van der Waals surface area contributed by atoms with E-state index in [0.29, 0.717) is 0 Å². The van der Waals surface area contributed by atoms with E-state index in [-0.39, 0.29) is 5.75 Å². The average Bonchev–Trinajstić information content (AvgIpc) is 2.54. The zero-order chi connectivity index (χ0) is 16.6. The average molecular weight is 372 g/mol. The van der Waals surface area contributed by atoms with Crippen molar-refractivity contribution in [2.75, 3.05) is 0 Å². The molecule has 118 valence electrons. The number of aromatic nitrogens is 1. The number of hydrogen-bond donors (Lipinski definition) is 1. The number of pyridine rings is 1. The first-order valence-corrected chi connectivity index (χ1v) is 8.35. The summed E-state index contributed by atoms with van der Waals surface area (Å²) >= 11 is 3.41. The Labute approximate surface area is 144 Å². The van der Waals surface area contributed by atoms with Gasteiger partial charge in [-0.1, -0.05) is 22.9 Å². The number of nitrogens with zero attached hydrogens (tertiary/aromatic N) is 1. The van der Waals surface area contributed by atoms with Crippen molar-refractivity contribution in [2.24, 2.45) is 0 Å². The molecule has 0 amide bonds. The van der Waals surface area contributed by atoms with Gasteiger partial charge in [-0.15, -0.1) is 0 Å². The fourth-order valence-electron chi connectivity index (χ4n) is 2.61. The van der Waals surface area contributed by atoms with Crippen molar-refractivity contribution in [1.29, 1.82) is 0 Å². The van der Waals surface area contributed by atoms with Crippen molar-refractivity contribution in [2.45, 2.75) is 27.2 Å². The number of aryl methyl sites for hydroxylation is 2. The molecule has 2 aromatic carbocycles. The Kier molecular flexibility index (Phi) is 4.26. The largest absolute Gasteiger partial charge is 0.507 e. The smallest absolute Gasteiger partial charge is 0.131 e. The summed E-state index contributed by atoms with van der Waals surface area (Å²) in [5.41, 5.74) is 3.54. The Morgan fingerprint density at radius 2 is 1.83 bits per heavy atom. The topological polar surface area (TPSA) is 42.4 Å². The monoisotopic (exact) mass is 371 g/mol. The van der Waals surface area contributed by atoms with Crippen LogP contribution in [0.2, 0.25) is 0 Å². The van der Waals surface area contributed by atoms with Crippen LogP contribution in [0.25, 0.3) is 10.9 Å². The molecule has 0 aliphatic rings. The van der Waals surface area contributed by atoms with Gasteiger partial charge < -0.3 is 9.84 Å². The quantitative estimate of drug-likeness (QED) is 0.644. The van der Waals surface area contributed by atoms with E-state index in [1.165, 1.54) is 0 Å². The summed E-state index contributed by atoms with van der Waals surface area (Å²) < 4.78 is 6.97. The molecule has 0 radical (unpaired) electrons. The highest BCUT2D eigenvalue weighted by Crippen LogP contribution is 2.35. The molecule has 1 heterocycles. The Morgan fingerprint density at radius 1 is 1.13 bits per heavy atom. The first kappa shape index (κ1) is 15.8. The van der Waals surface area contributed by atoms with E-state index >= 15 is 0 Å². The van der Waals surface area contributed by atoms with E-state index < -0.39 is 0 Å². The lowest BCUT2D eigenvalue weighted by atomic mass is 10.0. The summed E-state index contributed by atoms with van der Waals surface area (Å²) in [7, 11) is 0. The van der Waals surface area contributed by atoms with E-state index in [1.807, 2.05) is 57.2 Å². The van der Waals surface area contributed by atoms with Crippen LogP contribution in [0.4, 0.5) is 0 Å². The first-order valence-electron chi connectivity index (χ1n) is 7.55. The Hall–Kier alpha value is -2.07. The molecule has 0 bridgehead atoms. The Bertz CT molecular complexity index is 873. The van der Waals surface area contributed by atoms with E-state index in [1.54, 1.807) is 0 Å². The van der Waals surface area contributed by atoms with Crippen LogP contribution in [0, 0.1) is 13.8 Å². The van der Waals surface area contributed by atoms with Gasteiger partial charge in [-0.25, -0.2) is 0 Å². The zero-order valence-electron chi connectivity index (χ0n) is 13.4. The van der Waals surface area contributed by atoms with E-state index in [0.717, 1.165) is 50.1 Å². The summed E-state index contributed by atoms with van der Waals surface area (Å²) in [5.74, 6) is 1.76. The van der Waals surface area contributed by atoms with Crippen molar-refractivity contribution in [3.05, 3.63) is 57.7 Å². The van der Waals surface area contributed by atoms with Crippen LogP contribution >= 0.6 is 15.9 Å². The van der Waals surface area contributed by atoms with Gasteiger partial charge in [0, 0.05) is 21.1 Å². The fourth-order valence-corrected chi connectivity index (χ4v) is 2.87.